The van der Waals surface area contributed by atoms with Crippen molar-refractivity contribution in [3.05, 3.63) is 92.1 Å². The molecule has 0 saturated carbocycles. The van der Waals surface area contributed by atoms with Crippen LogP contribution in [0.15, 0.2) is 64.2 Å². The molecule has 1 heterocycles. The van der Waals surface area contributed by atoms with E-state index in [1.165, 1.54) is 34.8 Å². The van der Waals surface area contributed by atoms with Crippen LogP contribution in [0.5, 0.6) is 0 Å². The number of aromatic amines is 1. The molecule has 0 aliphatic heterocycles. The van der Waals surface area contributed by atoms with Crippen molar-refractivity contribution >= 4 is 23.4 Å². The van der Waals surface area contributed by atoms with Gasteiger partial charge < -0.3 is 10.5 Å². The normalized spacial score (nSPS) is 10.6. The molecule has 3 N–H and O–H groups in total. The summed E-state index contributed by atoms with van der Waals surface area (Å²) in [6.07, 6.45) is 1.48. The molecule has 0 spiro atoms. The number of methoxy groups -OCH3 is 1. The zero-order valence-corrected chi connectivity index (χ0v) is 18.5. The van der Waals surface area contributed by atoms with E-state index in [0.29, 0.717) is 13.0 Å². The number of rotatable bonds is 8. The van der Waals surface area contributed by atoms with Gasteiger partial charge in [-0.3, -0.25) is 24.0 Å². The van der Waals surface area contributed by atoms with Crippen molar-refractivity contribution in [1.82, 2.24) is 9.55 Å². The van der Waals surface area contributed by atoms with Crippen LogP contribution in [0.3, 0.4) is 0 Å². The van der Waals surface area contributed by atoms with Gasteiger partial charge in [0.2, 0.25) is 0 Å². The van der Waals surface area contributed by atoms with Gasteiger partial charge in [0, 0.05) is 12.1 Å². The van der Waals surface area contributed by atoms with E-state index in [2.05, 4.69) is 4.98 Å². The summed E-state index contributed by atoms with van der Waals surface area (Å²) in [5.41, 5.74) is 5.86. The lowest BCUT2D eigenvalue weighted by molar-refractivity contribution is 0.0600. The fourth-order valence-corrected chi connectivity index (χ4v) is 3.45. The molecular formula is C24H26N4O5. The topological polar surface area (TPSA) is 127 Å². The van der Waals surface area contributed by atoms with Crippen LogP contribution in [0.25, 0.3) is 0 Å². The number of nitrogens with zero attached hydrogens (tertiary/aromatic N) is 2. The van der Waals surface area contributed by atoms with Crippen molar-refractivity contribution in [2.45, 2.75) is 32.9 Å². The van der Waals surface area contributed by atoms with E-state index in [4.69, 9.17) is 10.5 Å². The number of esters is 1. The minimum absolute atomic E-state index is 0.0292. The number of unbranched alkanes of at least 4 members (excludes halogenated alkanes) is 1. The van der Waals surface area contributed by atoms with Crippen molar-refractivity contribution in [2.24, 2.45) is 0 Å². The maximum absolute atomic E-state index is 13.6. The molecule has 3 aromatic rings. The summed E-state index contributed by atoms with van der Waals surface area (Å²) in [4.78, 5) is 54.3. The summed E-state index contributed by atoms with van der Waals surface area (Å²) in [5.74, 6) is -1.24. The van der Waals surface area contributed by atoms with E-state index >= 15 is 0 Å². The van der Waals surface area contributed by atoms with Crippen molar-refractivity contribution < 1.29 is 14.3 Å². The highest BCUT2D eigenvalue weighted by molar-refractivity contribution is 6.08. The van der Waals surface area contributed by atoms with Crippen molar-refractivity contribution in [2.75, 3.05) is 17.7 Å². The predicted octanol–water partition coefficient (Wildman–Crippen LogP) is 2.55. The third-order valence-corrected chi connectivity index (χ3v) is 5.18. The van der Waals surface area contributed by atoms with Crippen LogP contribution < -0.4 is 21.9 Å². The minimum Gasteiger partial charge on any atom is -0.465 e. The summed E-state index contributed by atoms with van der Waals surface area (Å²) in [5, 5.41) is 0. The monoisotopic (exact) mass is 450 g/mol. The molecule has 0 aliphatic carbocycles. The number of nitrogen functional groups attached to an aromatic ring is 1. The Bertz CT molecular complexity index is 1260. The van der Waals surface area contributed by atoms with Gasteiger partial charge in [-0.25, -0.2) is 9.59 Å². The SMILES string of the molecule is CCCCn1c(N)c(N(Cc2ccccc2)C(=O)c2cccc(C(=O)OC)c2)c(=O)[nH]c1=O. The molecule has 0 saturated heterocycles. The predicted molar refractivity (Wildman–Crippen MR) is 125 cm³/mol. The van der Waals surface area contributed by atoms with Gasteiger partial charge in [0.25, 0.3) is 11.5 Å². The Morgan fingerprint density at radius 1 is 1.06 bits per heavy atom. The molecule has 2 aromatic carbocycles. The summed E-state index contributed by atoms with van der Waals surface area (Å²) >= 11 is 0. The molecule has 1 aromatic heterocycles. The van der Waals surface area contributed by atoms with Crippen LogP contribution in [-0.2, 0) is 17.8 Å². The van der Waals surface area contributed by atoms with E-state index in [0.717, 1.165) is 12.0 Å². The smallest absolute Gasteiger partial charge is 0.337 e. The molecule has 0 bridgehead atoms. The maximum Gasteiger partial charge on any atom is 0.337 e. The van der Waals surface area contributed by atoms with Gasteiger partial charge in [-0.2, -0.15) is 0 Å². The molecule has 9 nitrogen and oxygen atoms in total. The van der Waals surface area contributed by atoms with E-state index in [-0.39, 0.29) is 29.2 Å². The number of hydrogen-bond acceptors (Lipinski definition) is 6. The van der Waals surface area contributed by atoms with Crippen LogP contribution in [0.1, 0.15) is 46.0 Å². The number of nitrogens with one attached hydrogen (secondary N) is 1. The van der Waals surface area contributed by atoms with Crippen molar-refractivity contribution in [1.29, 1.82) is 0 Å². The molecule has 33 heavy (non-hydrogen) atoms. The quantitative estimate of drug-likeness (QED) is 0.508. The summed E-state index contributed by atoms with van der Waals surface area (Å²) in [6.45, 7) is 2.30. The molecule has 172 valence electrons. The standard InChI is InChI=1S/C24H26N4O5/c1-3-4-13-27-20(25)19(21(29)26-24(27)32)28(15-16-9-6-5-7-10-16)22(30)17-11-8-12-18(14-17)23(31)33-2/h5-12,14H,3-4,13,15,25H2,1-2H3,(H,26,29,32). The number of aromatic nitrogens is 2. The number of carbonyl (C=O) groups excluding carboxylic acids is 2. The number of benzene rings is 2. The molecule has 0 unspecified atom stereocenters. The molecule has 0 atom stereocenters. The number of nitrogens with two attached hydrogens (primary N) is 1. The fraction of sp³-hybridized carbons (Fsp3) is 0.250. The van der Waals surface area contributed by atoms with E-state index < -0.39 is 23.1 Å². The van der Waals surface area contributed by atoms with Crippen molar-refractivity contribution in [3.8, 4) is 0 Å². The lowest BCUT2D eigenvalue weighted by Gasteiger charge is -2.25. The number of carbonyl (C=O) groups is 2. The maximum atomic E-state index is 13.6. The highest BCUT2D eigenvalue weighted by Gasteiger charge is 2.26. The third kappa shape index (κ3) is 5.20. The van der Waals surface area contributed by atoms with Crippen LogP contribution in [0.4, 0.5) is 11.5 Å². The number of anilines is 2. The number of hydrogen-bond donors (Lipinski definition) is 2. The second kappa shape index (κ2) is 10.4. The zero-order valence-electron chi connectivity index (χ0n) is 18.5. The van der Waals surface area contributed by atoms with E-state index in [1.807, 2.05) is 37.3 Å². The molecule has 9 heteroatoms. The lowest BCUT2D eigenvalue weighted by atomic mass is 10.1. The van der Waals surface area contributed by atoms with Crippen molar-refractivity contribution in [3.63, 3.8) is 0 Å². The number of amides is 1. The highest BCUT2D eigenvalue weighted by Crippen LogP contribution is 2.23. The Morgan fingerprint density at radius 3 is 2.42 bits per heavy atom. The Hall–Kier alpha value is -4.14. The first-order chi connectivity index (χ1) is 15.9. The van der Waals surface area contributed by atoms with Gasteiger partial charge >= 0.3 is 11.7 Å². The first-order valence-electron chi connectivity index (χ1n) is 10.5. The second-order valence-electron chi connectivity index (χ2n) is 7.45. The van der Waals surface area contributed by atoms with Gasteiger partial charge in [-0.15, -0.1) is 0 Å². The lowest BCUT2D eigenvalue weighted by Crippen LogP contribution is -2.41. The van der Waals surface area contributed by atoms with Gasteiger partial charge in [-0.1, -0.05) is 49.7 Å². The van der Waals surface area contributed by atoms with Gasteiger partial charge in [-0.05, 0) is 30.2 Å². The third-order valence-electron chi connectivity index (χ3n) is 5.18. The Morgan fingerprint density at radius 2 is 1.76 bits per heavy atom. The minimum atomic E-state index is -0.765. The van der Waals surface area contributed by atoms with Crippen LogP contribution in [-0.4, -0.2) is 28.5 Å². The highest BCUT2D eigenvalue weighted by atomic mass is 16.5. The molecule has 0 aliphatic rings. The first kappa shape index (κ1) is 23.5. The van der Waals surface area contributed by atoms with Crippen LogP contribution in [0.2, 0.25) is 0 Å². The summed E-state index contributed by atoms with van der Waals surface area (Å²) in [6, 6.07) is 15.1. The van der Waals surface area contributed by atoms with E-state index in [1.54, 1.807) is 6.07 Å². The Kier molecular flexibility index (Phi) is 7.45. The van der Waals surface area contributed by atoms with Crippen LogP contribution >= 0.6 is 0 Å². The van der Waals surface area contributed by atoms with Crippen LogP contribution in [0, 0.1) is 0 Å². The molecule has 3 rings (SSSR count). The zero-order chi connectivity index (χ0) is 24.0. The number of ether oxygens (including phenoxy) is 1. The molecular weight excluding hydrogens is 424 g/mol. The first-order valence-corrected chi connectivity index (χ1v) is 10.5. The summed E-state index contributed by atoms with van der Waals surface area (Å²) < 4.78 is 6.00. The molecule has 0 radical (unpaired) electrons. The molecule has 1 amide bonds. The Labute approximate surface area is 190 Å². The average Bonchev–Trinajstić information content (AvgIpc) is 2.83. The average molecular weight is 450 g/mol. The molecule has 0 fully saturated rings. The number of H-pyrrole nitrogens is 1. The Balaban J connectivity index is 2.16. The fourth-order valence-electron chi connectivity index (χ4n) is 3.45. The second-order valence-corrected chi connectivity index (χ2v) is 7.45. The van der Waals surface area contributed by atoms with Gasteiger partial charge in [0.15, 0.2) is 5.69 Å². The van der Waals surface area contributed by atoms with Gasteiger partial charge in [0.1, 0.15) is 5.82 Å². The largest absolute Gasteiger partial charge is 0.465 e. The van der Waals surface area contributed by atoms with E-state index in [9.17, 15) is 19.2 Å². The van der Waals surface area contributed by atoms with Gasteiger partial charge in [0.05, 0.1) is 19.2 Å². The summed E-state index contributed by atoms with van der Waals surface area (Å²) in [7, 11) is 1.25.